The van der Waals surface area contributed by atoms with E-state index in [2.05, 4.69) is 4.98 Å². The van der Waals surface area contributed by atoms with Gasteiger partial charge in [-0.3, -0.25) is 4.79 Å². The van der Waals surface area contributed by atoms with E-state index in [0.29, 0.717) is 5.39 Å². The van der Waals surface area contributed by atoms with Crippen LogP contribution in [0.5, 0.6) is 0 Å². The summed E-state index contributed by atoms with van der Waals surface area (Å²) in [6, 6.07) is 13.6. The van der Waals surface area contributed by atoms with Gasteiger partial charge in [-0.05, 0) is 50.7 Å². The van der Waals surface area contributed by atoms with Crippen LogP contribution in [0.2, 0.25) is 0 Å². The molecule has 1 fully saturated rings. The van der Waals surface area contributed by atoms with E-state index in [-0.39, 0.29) is 16.8 Å². The SMILES string of the molecule is CC1(C)OB(c2ccc3c(c2)[nH]c(=O)c2ccccc23)OC1(C)C. The van der Waals surface area contributed by atoms with E-state index in [1.54, 1.807) is 0 Å². The zero-order chi connectivity index (χ0) is 17.1. The van der Waals surface area contributed by atoms with Crippen molar-refractivity contribution in [2.45, 2.75) is 38.9 Å². The first-order chi connectivity index (χ1) is 11.3. The Morgan fingerprint density at radius 2 is 1.50 bits per heavy atom. The molecule has 4 rings (SSSR count). The summed E-state index contributed by atoms with van der Waals surface area (Å²) in [5.41, 5.74) is 0.856. The zero-order valence-electron chi connectivity index (χ0n) is 14.3. The lowest BCUT2D eigenvalue weighted by atomic mass is 9.78. The van der Waals surface area contributed by atoms with Gasteiger partial charge >= 0.3 is 7.12 Å². The van der Waals surface area contributed by atoms with Crippen LogP contribution < -0.4 is 11.0 Å². The van der Waals surface area contributed by atoms with Crippen molar-refractivity contribution in [1.82, 2.24) is 4.98 Å². The van der Waals surface area contributed by atoms with Crippen molar-refractivity contribution in [1.29, 1.82) is 0 Å². The first-order valence-electron chi connectivity index (χ1n) is 8.19. The fourth-order valence-corrected chi connectivity index (χ4v) is 3.13. The topological polar surface area (TPSA) is 51.3 Å². The zero-order valence-corrected chi connectivity index (χ0v) is 14.3. The number of pyridine rings is 1. The second-order valence-corrected chi connectivity index (χ2v) is 7.39. The molecule has 4 nitrogen and oxygen atoms in total. The average molecular weight is 321 g/mol. The molecule has 2 aromatic carbocycles. The molecule has 24 heavy (non-hydrogen) atoms. The summed E-state index contributed by atoms with van der Waals surface area (Å²) in [4.78, 5) is 15.3. The van der Waals surface area contributed by atoms with Gasteiger partial charge in [-0.1, -0.05) is 30.3 Å². The Balaban J connectivity index is 1.86. The van der Waals surface area contributed by atoms with E-state index in [9.17, 15) is 4.79 Å². The van der Waals surface area contributed by atoms with Gasteiger partial charge in [-0.2, -0.15) is 0 Å². The smallest absolute Gasteiger partial charge is 0.399 e. The molecule has 0 radical (unpaired) electrons. The molecule has 0 unspecified atom stereocenters. The highest BCUT2D eigenvalue weighted by Crippen LogP contribution is 2.36. The number of aromatic nitrogens is 1. The summed E-state index contributed by atoms with van der Waals surface area (Å²) < 4.78 is 12.2. The molecule has 0 aliphatic carbocycles. The normalized spacial score (nSPS) is 19.2. The van der Waals surface area contributed by atoms with Crippen LogP contribution in [-0.2, 0) is 9.31 Å². The standard InChI is InChI=1S/C19H20BNO3/c1-18(2)19(3,4)24-20(23-18)12-9-10-14-13-7-5-6-8-15(13)17(22)21-16(14)11-12/h5-11H,1-4H3,(H,21,22). The summed E-state index contributed by atoms with van der Waals surface area (Å²) in [6.07, 6.45) is 0. The van der Waals surface area contributed by atoms with E-state index in [1.807, 2.05) is 70.2 Å². The molecule has 3 aromatic rings. The first-order valence-corrected chi connectivity index (χ1v) is 8.19. The van der Waals surface area contributed by atoms with Crippen LogP contribution in [0, 0.1) is 0 Å². The summed E-state index contributed by atoms with van der Waals surface area (Å²) >= 11 is 0. The average Bonchev–Trinajstić information content (AvgIpc) is 2.75. The van der Waals surface area contributed by atoms with Gasteiger partial charge in [0.25, 0.3) is 5.56 Å². The molecule has 122 valence electrons. The number of fused-ring (bicyclic) bond motifs is 3. The molecule has 0 atom stereocenters. The molecule has 1 saturated heterocycles. The molecule has 0 spiro atoms. The Hall–Kier alpha value is -2.11. The number of aromatic amines is 1. The third kappa shape index (κ3) is 2.19. The summed E-state index contributed by atoms with van der Waals surface area (Å²) in [5.74, 6) is 0. The Morgan fingerprint density at radius 3 is 2.17 bits per heavy atom. The summed E-state index contributed by atoms with van der Waals surface area (Å²) in [6.45, 7) is 8.12. The van der Waals surface area contributed by atoms with Gasteiger partial charge in [0.1, 0.15) is 0 Å². The number of hydrogen-bond donors (Lipinski definition) is 1. The van der Waals surface area contributed by atoms with E-state index in [0.717, 1.165) is 21.8 Å². The number of H-pyrrole nitrogens is 1. The van der Waals surface area contributed by atoms with Crippen molar-refractivity contribution in [3.05, 3.63) is 52.8 Å². The van der Waals surface area contributed by atoms with Crippen molar-refractivity contribution in [2.24, 2.45) is 0 Å². The number of nitrogens with one attached hydrogen (secondary N) is 1. The summed E-state index contributed by atoms with van der Waals surface area (Å²) in [5, 5.41) is 2.68. The van der Waals surface area contributed by atoms with Crippen molar-refractivity contribution in [2.75, 3.05) is 0 Å². The van der Waals surface area contributed by atoms with Gasteiger partial charge in [-0.25, -0.2) is 0 Å². The molecular weight excluding hydrogens is 301 g/mol. The Labute approximate surface area is 140 Å². The van der Waals surface area contributed by atoms with Gasteiger partial charge in [0.05, 0.1) is 11.2 Å². The van der Waals surface area contributed by atoms with Gasteiger partial charge in [0.15, 0.2) is 0 Å². The maximum Gasteiger partial charge on any atom is 0.494 e. The predicted molar refractivity (Wildman–Crippen MR) is 97.8 cm³/mol. The number of hydrogen-bond acceptors (Lipinski definition) is 3. The monoisotopic (exact) mass is 321 g/mol. The molecule has 1 N–H and O–H groups in total. The molecule has 1 aliphatic rings. The highest BCUT2D eigenvalue weighted by atomic mass is 16.7. The van der Waals surface area contributed by atoms with Crippen molar-refractivity contribution in [3.63, 3.8) is 0 Å². The van der Waals surface area contributed by atoms with E-state index >= 15 is 0 Å². The molecule has 2 heterocycles. The van der Waals surface area contributed by atoms with Crippen LogP contribution in [0.4, 0.5) is 0 Å². The highest BCUT2D eigenvalue weighted by Gasteiger charge is 2.51. The Kier molecular flexibility index (Phi) is 3.18. The third-order valence-electron chi connectivity index (χ3n) is 5.28. The fraction of sp³-hybridized carbons (Fsp3) is 0.316. The lowest BCUT2D eigenvalue weighted by Gasteiger charge is -2.32. The quantitative estimate of drug-likeness (QED) is 0.554. The van der Waals surface area contributed by atoms with Crippen molar-refractivity contribution >= 4 is 34.3 Å². The minimum Gasteiger partial charge on any atom is -0.399 e. The van der Waals surface area contributed by atoms with Gasteiger partial charge in [0, 0.05) is 16.3 Å². The van der Waals surface area contributed by atoms with Gasteiger partial charge < -0.3 is 14.3 Å². The molecule has 1 aromatic heterocycles. The Bertz CT molecular complexity index is 990. The van der Waals surface area contributed by atoms with E-state index in [4.69, 9.17) is 9.31 Å². The summed E-state index contributed by atoms with van der Waals surface area (Å²) in [7, 11) is -0.436. The maximum absolute atomic E-state index is 12.3. The van der Waals surface area contributed by atoms with Gasteiger partial charge in [-0.15, -0.1) is 0 Å². The van der Waals surface area contributed by atoms with Gasteiger partial charge in [0.2, 0.25) is 0 Å². The largest absolute Gasteiger partial charge is 0.494 e. The van der Waals surface area contributed by atoms with E-state index in [1.165, 1.54) is 0 Å². The first kappa shape index (κ1) is 15.4. The third-order valence-corrected chi connectivity index (χ3v) is 5.28. The maximum atomic E-state index is 12.3. The second-order valence-electron chi connectivity index (χ2n) is 7.39. The second kappa shape index (κ2) is 4.95. The molecule has 5 heteroatoms. The highest BCUT2D eigenvalue weighted by molar-refractivity contribution is 6.62. The predicted octanol–water partition coefficient (Wildman–Crippen LogP) is 2.98. The lowest BCUT2D eigenvalue weighted by molar-refractivity contribution is 0.00578. The van der Waals surface area contributed by atoms with E-state index < -0.39 is 7.12 Å². The molecular formula is C19H20BNO3. The van der Waals surface area contributed by atoms with Crippen molar-refractivity contribution < 1.29 is 9.31 Å². The molecule has 0 amide bonds. The van der Waals surface area contributed by atoms with Crippen LogP contribution in [0.25, 0.3) is 21.7 Å². The molecule has 0 saturated carbocycles. The van der Waals surface area contributed by atoms with Crippen LogP contribution in [0.15, 0.2) is 47.3 Å². The minimum atomic E-state index is -0.436. The Morgan fingerprint density at radius 1 is 0.875 bits per heavy atom. The fourth-order valence-electron chi connectivity index (χ4n) is 3.13. The minimum absolute atomic E-state index is 0.0795. The molecule has 0 bridgehead atoms. The van der Waals surface area contributed by atoms with Crippen molar-refractivity contribution in [3.8, 4) is 0 Å². The number of benzene rings is 2. The van der Waals surface area contributed by atoms with Crippen LogP contribution >= 0.6 is 0 Å². The van der Waals surface area contributed by atoms with Crippen LogP contribution in [0.3, 0.4) is 0 Å². The van der Waals surface area contributed by atoms with Crippen LogP contribution in [0.1, 0.15) is 27.7 Å². The van der Waals surface area contributed by atoms with Crippen LogP contribution in [-0.4, -0.2) is 23.3 Å². The molecule has 1 aliphatic heterocycles. The lowest BCUT2D eigenvalue weighted by Crippen LogP contribution is -2.41. The number of rotatable bonds is 1.